The van der Waals surface area contributed by atoms with E-state index in [-0.39, 0.29) is 0 Å². The van der Waals surface area contributed by atoms with Crippen molar-refractivity contribution in [2.24, 2.45) is 0 Å². The largest absolute Gasteiger partial charge is 0.340 e. The van der Waals surface area contributed by atoms with Crippen LogP contribution in [0.15, 0.2) is 0 Å². The minimum absolute atomic E-state index is 0.330. The standard InChI is InChI=1S/C13H25N3O/c1-15(12-4-2-3-5-12)9-6-13(17)16-10-7-14-8-11-16/h12,14H,2-11H2,1H3. The Bertz CT molecular complexity index is 245. The zero-order valence-corrected chi connectivity index (χ0v) is 11.0. The number of nitrogens with zero attached hydrogens (tertiary/aromatic N) is 2. The summed E-state index contributed by atoms with van der Waals surface area (Å²) in [7, 11) is 2.17. The number of hydrogen-bond donors (Lipinski definition) is 1. The Balaban J connectivity index is 1.67. The lowest BCUT2D eigenvalue weighted by molar-refractivity contribution is -0.132. The lowest BCUT2D eigenvalue weighted by atomic mass is 10.2. The molecule has 1 aliphatic carbocycles. The third kappa shape index (κ3) is 3.68. The van der Waals surface area contributed by atoms with Gasteiger partial charge >= 0.3 is 0 Å². The van der Waals surface area contributed by atoms with Crippen molar-refractivity contribution in [1.82, 2.24) is 15.1 Å². The van der Waals surface area contributed by atoms with Crippen LogP contribution in [-0.2, 0) is 4.79 Å². The molecule has 1 N–H and O–H groups in total. The summed E-state index contributed by atoms with van der Waals surface area (Å²) in [5.74, 6) is 0.330. The second kappa shape index (κ2) is 6.36. The van der Waals surface area contributed by atoms with Crippen LogP contribution >= 0.6 is 0 Å². The van der Waals surface area contributed by atoms with Crippen molar-refractivity contribution in [3.05, 3.63) is 0 Å². The maximum atomic E-state index is 12.0. The van der Waals surface area contributed by atoms with Crippen LogP contribution in [0.2, 0.25) is 0 Å². The van der Waals surface area contributed by atoms with Crippen molar-refractivity contribution in [1.29, 1.82) is 0 Å². The molecule has 0 spiro atoms. The van der Waals surface area contributed by atoms with E-state index in [0.717, 1.165) is 38.8 Å². The van der Waals surface area contributed by atoms with Gasteiger partial charge in [0.15, 0.2) is 0 Å². The highest BCUT2D eigenvalue weighted by Crippen LogP contribution is 2.22. The zero-order chi connectivity index (χ0) is 12.1. The predicted octanol–water partition coefficient (Wildman–Crippen LogP) is 0.683. The summed E-state index contributed by atoms with van der Waals surface area (Å²) in [6.45, 7) is 4.58. The number of hydrogen-bond acceptors (Lipinski definition) is 3. The van der Waals surface area contributed by atoms with E-state index in [1.54, 1.807) is 0 Å². The minimum atomic E-state index is 0.330. The Labute approximate surface area is 104 Å². The summed E-state index contributed by atoms with van der Waals surface area (Å²) in [5, 5.41) is 3.27. The molecule has 2 rings (SSSR count). The van der Waals surface area contributed by atoms with Gasteiger partial charge in [0.2, 0.25) is 5.91 Å². The van der Waals surface area contributed by atoms with Crippen LogP contribution in [0.25, 0.3) is 0 Å². The molecule has 1 aliphatic heterocycles. The first kappa shape index (κ1) is 12.8. The molecule has 1 saturated heterocycles. The normalized spacial score (nSPS) is 22.4. The van der Waals surface area contributed by atoms with Gasteiger partial charge in [0.1, 0.15) is 0 Å². The highest BCUT2D eigenvalue weighted by atomic mass is 16.2. The van der Waals surface area contributed by atoms with Crippen LogP contribution in [0.5, 0.6) is 0 Å². The number of amides is 1. The van der Waals surface area contributed by atoms with Gasteiger partial charge in [-0.05, 0) is 19.9 Å². The van der Waals surface area contributed by atoms with Crippen molar-refractivity contribution in [2.45, 2.75) is 38.1 Å². The first-order valence-electron chi connectivity index (χ1n) is 6.96. The van der Waals surface area contributed by atoms with E-state index in [1.807, 2.05) is 4.90 Å². The molecule has 0 aromatic carbocycles. The molecule has 0 atom stereocenters. The number of carbonyl (C=O) groups excluding carboxylic acids is 1. The van der Waals surface area contributed by atoms with Crippen LogP contribution in [0.4, 0.5) is 0 Å². The van der Waals surface area contributed by atoms with Crippen LogP contribution in [0, 0.1) is 0 Å². The quantitative estimate of drug-likeness (QED) is 0.784. The fraction of sp³-hybridized carbons (Fsp3) is 0.923. The van der Waals surface area contributed by atoms with E-state index in [9.17, 15) is 4.79 Å². The molecular weight excluding hydrogens is 214 g/mol. The van der Waals surface area contributed by atoms with E-state index in [4.69, 9.17) is 0 Å². The summed E-state index contributed by atoms with van der Waals surface area (Å²) in [6, 6.07) is 0.728. The molecule has 2 aliphatic rings. The van der Waals surface area contributed by atoms with Gasteiger partial charge in [-0.25, -0.2) is 0 Å². The summed E-state index contributed by atoms with van der Waals surface area (Å²) >= 11 is 0. The van der Waals surface area contributed by atoms with Crippen LogP contribution in [0.1, 0.15) is 32.1 Å². The predicted molar refractivity (Wildman–Crippen MR) is 69.0 cm³/mol. The molecule has 1 amide bonds. The summed E-state index contributed by atoms with van der Waals surface area (Å²) in [6.07, 6.45) is 6.05. The number of rotatable bonds is 4. The molecule has 4 heteroatoms. The van der Waals surface area contributed by atoms with Gasteiger partial charge in [-0.1, -0.05) is 12.8 Å². The van der Waals surface area contributed by atoms with E-state index in [1.165, 1.54) is 25.7 Å². The summed E-state index contributed by atoms with van der Waals surface area (Å²) in [4.78, 5) is 16.4. The topological polar surface area (TPSA) is 35.6 Å². The van der Waals surface area contributed by atoms with Crippen LogP contribution in [-0.4, -0.2) is 61.5 Å². The summed E-state index contributed by atoms with van der Waals surface area (Å²) in [5.41, 5.74) is 0. The fourth-order valence-corrected chi connectivity index (χ4v) is 2.87. The molecule has 2 fully saturated rings. The number of carbonyl (C=O) groups is 1. The third-order valence-corrected chi connectivity index (χ3v) is 4.10. The Morgan fingerprint density at radius 2 is 1.94 bits per heavy atom. The van der Waals surface area contributed by atoms with Crippen molar-refractivity contribution in [3.8, 4) is 0 Å². The monoisotopic (exact) mass is 239 g/mol. The Hall–Kier alpha value is -0.610. The molecule has 1 heterocycles. The second-order valence-electron chi connectivity index (χ2n) is 5.30. The van der Waals surface area contributed by atoms with Gasteiger partial charge in [-0.15, -0.1) is 0 Å². The number of piperazine rings is 1. The molecule has 0 bridgehead atoms. The van der Waals surface area contributed by atoms with Crippen molar-refractivity contribution < 1.29 is 4.79 Å². The van der Waals surface area contributed by atoms with E-state index in [2.05, 4.69) is 17.3 Å². The van der Waals surface area contributed by atoms with E-state index < -0.39 is 0 Å². The highest BCUT2D eigenvalue weighted by Gasteiger charge is 2.21. The molecule has 17 heavy (non-hydrogen) atoms. The maximum absolute atomic E-state index is 12.0. The van der Waals surface area contributed by atoms with Crippen molar-refractivity contribution >= 4 is 5.91 Å². The summed E-state index contributed by atoms with van der Waals surface area (Å²) < 4.78 is 0. The Morgan fingerprint density at radius 3 is 2.59 bits per heavy atom. The molecule has 0 aromatic heterocycles. The lowest BCUT2D eigenvalue weighted by Crippen LogP contribution is -2.47. The first-order valence-corrected chi connectivity index (χ1v) is 6.96. The zero-order valence-electron chi connectivity index (χ0n) is 11.0. The van der Waals surface area contributed by atoms with Gasteiger partial charge in [0.05, 0.1) is 0 Å². The minimum Gasteiger partial charge on any atom is -0.340 e. The second-order valence-corrected chi connectivity index (χ2v) is 5.30. The molecule has 4 nitrogen and oxygen atoms in total. The van der Waals surface area contributed by atoms with E-state index >= 15 is 0 Å². The van der Waals surface area contributed by atoms with Gasteiger partial charge in [0.25, 0.3) is 0 Å². The van der Waals surface area contributed by atoms with Crippen molar-refractivity contribution in [3.63, 3.8) is 0 Å². The average Bonchev–Trinajstić information content (AvgIpc) is 2.90. The SMILES string of the molecule is CN(CCC(=O)N1CCNCC1)C1CCCC1. The third-order valence-electron chi connectivity index (χ3n) is 4.10. The fourth-order valence-electron chi connectivity index (χ4n) is 2.87. The molecule has 1 saturated carbocycles. The van der Waals surface area contributed by atoms with Crippen LogP contribution < -0.4 is 5.32 Å². The molecule has 98 valence electrons. The highest BCUT2D eigenvalue weighted by molar-refractivity contribution is 5.76. The van der Waals surface area contributed by atoms with Gasteiger partial charge < -0.3 is 15.1 Å². The first-order chi connectivity index (χ1) is 8.27. The van der Waals surface area contributed by atoms with Crippen molar-refractivity contribution in [2.75, 3.05) is 39.8 Å². The molecule has 0 unspecified atom stereocenters. The molecule has 0 radical (unpaired) electrons. The lowest BCUT2D eigenvalue weighted by Gasteiger charge is -2.29. The van der Waals surface area contributed by atoms with Gasteiger partial charge in [-0.3, -0.25) is 4.79 Å². The number of nitrogens with one attached hydrogen (secondary N) is 1. The smallest absolute Gasteiger partial charge is 0.223 e. The molecular formula is C13H25N3O. The Kier molecular flexibility index (Phi) is 4.80. The van der Waals surface area contributed by atoms with E-state index in [0.29, 0.717) is 12.3 Å². The molecule has 0 aromatic rings. The average molecular weight is 239 g/mol. The Morgan fingerprint density at radius 1 is 1.29 bits per heavy atom. The van der Waals surface area contributed by atoms with Gasteiger partial charge in [-0.2, -0.15) is 0 Å². The van der Waals surface area contributed by atoms with Crippen LogP contribution in [0.3, 0.4) is 0 Å². The van der Waals surface area contributed by atoms with Gasteiger partial charge in [0, 0.05) is 45.2 Å². The maximum Gasteiger partial charge on any atom is 0.223 e.